The molecular weight excluding hydrogens is 303 g/mol. The zero-order chi connectivity index (χ0) is 11.3. The summed E-state index contributed by atoms with van der Waals surface area (Å²) in [4.78, 5) is 11.5. The predicted octanol–water partition coefficient (Wildman–Crippen LogP) is 3.18. The highest BCUT2D eigenvalue weighted by molar-refractivity contribution is 14.1. The van der Waals surface area contributed by atoms with Crippen molar-refractivity contribution in [3.8, 4) is 0 Å². The summed E-state index contributed by atoms with van der Waals surface area (Å²) in [6.07, 6.45) is 1.24. The molecule has 0 aliphatic rings. The molecule has 1 rings (SSSR count). The molecule has 0 aliphatic heterocycles. The van der Waals surface area contributed by atoms with Gasteiger partial charge in [0.15, 0.2) is 0 Å². The van der Waals surface area contributed by atoms with Crippen molar-refractivity contribution in [1.29, 1.82) is 0 Å². The normalized spacial score (nSPS) is 12.2. The van der Waals surface area contributed by atoms with Gasteiger partial charge in [-0.05, 0) is 47.6 Å². The Balaban J connectivity index is 2.55. The molecule has 3 heteroatoms. The van der Waals surface area contributed by atoms with Gasteiger partial charge >= 0.3 is 5.97 Å². The first-order chi connectivity index (χ1) is 7.13. The molecule has 0 fully saturated rings. The maximum absolute atomic E-state index is 11.5. The summed E-state index contributed by atoms with van der Waals surface area (Å²) in [6, 6.07) is 7.85. The van der Waals surface area contributed by atoms with Gasteiger partial charge in [0.2, 0.25) is 0 Å². The van der Waals surface area contributed by atoms with Gasteiger partial charge in [0, 0.05) is 3.57 Å². The van der Waals surface area contributed by atoms with Gasteiger partial charge in [-0.25, -0.2) is 0 Å². The number of esters is 1. The Bertz CT molecular complexity index is 336. The van der Waals surface area contributed by atoms with Crippen LogP contribution in [0.15, 0.2) is 24.3 Å². The smallest absolute Gasteiger partial charge is 0.310 e. The minimum Gasteiger partial charge on any atom is -0.462 e. The third kappa shape index (κ3) is 4.20. The van der Waals surface area contributed by atoms with Gasteiger partial charge in [-0.15, -0.1) is 0 Å². The third-order valence-corrected chi connectivity index (χ3v) is 3.25. The molecule has 0 N–H and O–H groups in total. The first kappa shape index (κ1) is 12.5. The Morgan fingerprint density at radius 1 is 1.47 bits per heavy atom. The highest BCUT2D eigenvalue weighted by Gasteiger charge is 2.10. The molecule has 0 saturated heterocycles. The largest absolute Gasteiger partial charge is 0.462 e. The van der Waals surface area contributed by atoms with Gasteiger partial charge in [-0.3, -0.25) is 4.79 Å². The van der Waals surface area contributed by atoms with Gasteiger partial charge < -0.3 is 4.74 Å². The molecule has 82 valence electrons. The zero-order valence-corrected chi connectivity index (χ0v) is 11.2. The van der Waals surface area contributed by atoms with Gasteiger partial charge in [-0.2, -0.15) is 0 Å². The Hall–Kier alpha value is -0.580. The average Bonchev–Trinajstić information content (AvgIpc) is 2.21. The topological polar surface area (TPSA) is 26.3 Å². The molecule has 1 aromatic carbocycles. The van der Waals surface area contributed by atoms with Crippen molar-refractivity contribution in [3.63, 3.8) is 0 Å². The van der Waals surface area contributed by atoms with Crippen LogP contribution in [0.2, 0.25) is 0 Å². The molecule has 2 nitrogen and oxygen atoms in total. The molecule has 0 bridgehead atoms. The van der Waals surface area contributed by atoms with Crippen molar-refractivity contribution in [2.75, 3.05) is 0 Å². The summed E-state index contributed by atoms with van der Waals surface area (Å²) < 4.78 is 6.32. The van der Waals surface area contributed by atoms with E-state index in [1.54, 1.807) is 0 Å². The maximum atomic E-state index is 11.5. The standard InChI is InChI=1S/C12H15IO2/c1-3-9(2)15-12(14)8-10-6-4-5-7-11(10)13/h4-7,9H,3,8H2,1-2H3. The van der Waals surface area contributed by atoms with Gasteiger partial charge in [0.1, 0.15) is 0 Å². The second kappa shape index (κ2) is 6.10. The van der Waals surface area contributed by atoms with Crippen LogP contribution < -0.4 is 0 Å². The Morgan fingerprint density at radius 2 is 2.13 bits per heavy atom. The van der Waals surface area contributed by atoms with Gasteiger partial charge in [-0.1, -0.05) is 25.1 Å². The van der Waals surface area contributed by atoms with E-state index >= 15 is 0 Å². The number of ether oxygens (including phenoxy) is 1. The molecule has 1 aromatic rings. The number of carbonyl (C=O) groups is 1. The van der Waals surface area contributed by atoms with E-state index in [0.29, 0.717) is 6.42 Å². The summed E-state index contributed by atoms with van der Waals surface area (Å²) in [6.45, 7) is 3.91. The molecular formula is C12H15IO2. The predicted molar refractivity (Wildman–Crippen MR) is 68.7 cm³/mol. The molecule has 0 saturated carbocycles. The molecule has 0 aliphatic carbocycles. The summed E-state index contributed by atoms with van der Waals surface area (Å²) in [7, 11) is 0. The first-order valence-corrected chi connectivity index (χ1v) is 6.14. The molecule has 0 spiro atoms. The quantitative estimate of drug-likeness (QED) is 0.630. The molecule has 1 unspecified atom stereocenters. The second-order valence-corrected chi connectivity index (χ2v) is 4.64. The number of halogens is 1. The maximum Gasteiger partial charge on any atom is 0.310 e. The lowest BCUT2D eigenvalue weighted by atomic mass is 10.1. The van der Waals surface area contributed by atoms with E-state index in [9.17, 15) is 4.79 Å². The zero-order valence-electron chi connectivity index (χ0n) is 9.00. The molecule has 15 heavy (non-hydrogen) atoms. The summed E-state index contributed by atoms with van der Waals surface area (Å²) in [5.74, 6) is -0.145. The Kier molecular flexibility index (Phi) is 5.08. The summed E-state index contributed by atoms with van der Waals surface area (Å²) in [5.41, 5.74) is 1.03. The lowest BCUT2D eigenvalue weighted by Gasteiger charge is -2.11. The molecule has 0 amide bonds. The van der Waals surface area contributed by atoms with E-state index in [1.165, 1.54) is 0 Å². The van der Waals surface area contributed by atoms with E-state index in [0.717, 1.165) is 15.6 Å². The number of carbonyl (C=O) groups excluding carboxylic acids is 1. The number of hydrogen-bond acceptors (Lipinski definition) is 2. The third-order valence-electron chi connectivity index (χ3n) is 2.20. The Morgan fingerprint density at radius 3 is 2.73 bits per heavy atom. The fourth-order valence-electron chi connectivity index (χ4n) is 1.15. The van der Waals surface area contributed by atoms with Crippen LogP contribution in [0.5, 0.6) is 0 Å². The van der Waals surface area contributed by atoms with E-state index in [2.05, 4.69) is 22.6 Å². The average molecular weight is 318 g/mol. The van der Waals surface area contributed by atoms with Crippen LogP contribution in [0.1, 0.15) is 25.8 Å². The van der Waals surface area contributed by atoms with Crippen molar-refractivity contribution < 1.29 is 9.53 Å². The van der Waals surface area contributed by atoms with Crippen LogP contribution in [-0.2, 0) is 16.0 Å². The summed E-state index contributed by atoms with van der Waals surface area (Å²) in [5, 5.41) is 0. The summed E-state index contributed by atoms with van der Waals surface area (Å²) >= 11 is 2.23. The van der Waals surface area contributed by atoms with Crippen molar-refractivity contribution in [2.45, 2.75) is 32.8 Å². The van der Waals surface area contributed by atoms with Crippen LogP contribution >= 0.6 is 22.6 Å². The van der Waals surface area contributed by atoms with E-state index in [4.69, 9.17) is 4.74 Å². The molecule has 0 heterocycles. The number of hydrogen-bond donors (Lipinski definition) is 0. The van der Waals surface area contributed by atoms with E-state index in [-0.39, 0.29) is 12.1 Å². The monoisotopic (exact) mass is 318 g/mol. The van der Waals surface area contributed by atoms with Crippen molar-refractivity contribution in [2.24, 2.45) is 0 Å². The van der Waals surface area contributed by atoms with Crippen LogP contribution in [0.3, 0.4) is 0 Å². The van der Waals surface area contributed by atoms with Crippen molar-refractivity contribution in [1.82, 2.24) is 0 Å². The number of benzene rings is 1. The lowest BCUT2D eigenvalue weighted by molar-refractivity contribution is -0.147. The molecule has 1 atom stereocenters. The van der Waals surface area contributed by atoms with Gasteiger partial charge in [0.25, 0.3) is 0 Å². The number of rotatable bonds is 4. The molecule has 0 aromatic heterocycles. The highest BCUT2D eigenvalue weighted by atomic mass is 127. The van der Waals surface area contributed by atoms with Crippen LogP contribution in [0.25, 0.3) is 0 Å². The minimum atomic E-state index is -0.145. The van der Waals surface area contributed by atoms with Crippen molar-refractivity contribution >= 4 is 28.6 Å². The van der Waals surface area contributed by atoms with Crippen LogP contribution in [-0.4, -0.2) is 12.1 Å². The van der Waals surface area contributed by atoms with E-state index < -0.39 is 0 Å². The molecule has 0 radical (unpaired) electrons. The highest BCUT2D eigenvalue weighted by Crippen LogP contribution is 2.13. The van der Waals surface area contributed by atoms with Gasteiger partial charge in [0.05, 0.1) is 12.5 Å². The first-order valence-electron chi connectivity index (χ1n) is 5.06. The second-order valence-electron chi connectivity index (χ2n) is 3.48. The fraction of sp³-hybridized carbons (Fsp3) is 0.417. The minimum absolute atomic E-state index is 0.0128. The SMILES string of the molecule is CCC(C)OC(=O)Cc1ccccc1I. The van der Waals surface area contributed by atoms with E-state index in [1.807, 2.05) is 38.1 Å². The van der Waals surface area contributed by atoms with Crippen LogP contribution in [0.4, 0.5) is 0 Å². The lowest BCUT2D eigenvalue weighted by Crippen LogP contribution is -2.16. The van der Waals surface area contributed by atoms with Crippen LogP contribution in [0, 0.1) is 3.57 Å². The fourth-order valence-corrected chi connectivity index (χ4v) is 1.72. The Labute approximate surface area is 104 Å². The van der Waals surface area contributed by atoms with Crippen molar-refractivity contribution in [3.05, 3.63) is 33.4 Å².